The molecule has 118 heavy (non-hydrogen) atoms. The second-order valence-electron chi connectivity index (χ2n) is 28.9. The zero-order valence-corrected chi connectivity index (χ0v) is 64.9. The third kappa shape index (κ3) is 14.0. The van der Waals surface area contributed by atoms with Crippen LogP contribution in [0.4, 0.5) is 0 Å². The van der Waals surface area contributed by atoms with Gasteiger partial charge in [0.25, 0.3) is 0 Å². The lowest BCUT2D eigenvalue weighted by atomic mass is 9.96. The first-order valence-corrected chi connectivity index (χ1v) is 40.6. The Kier molecular flexibility index (Phi) is 18.4. The average Bonchev–Trinajstić information content (AvgIpc) is 1.59. The van der Waals surface area contributed by atoms with Gasteiger partial charge in [0.1, 0.15) is 26.2 Å². The van der Waals surface area contributed by atoms with Gasteiger partial charge >= 0.3 is 0 Å². The molecule has 0 aliphatic carbocycles. The van der Waals surface area contributed by atoms with Gasteiger partial charge in [-0.2, -0.15) is 0 Å². The molecule has 0 atom stereocenters. The molecule has 0 radical (unpaired) electrons. The molecule has 15 aromatic carbocycles. The number of nitrogens with zero attached hydrogens (tertiary/aromatic N) is 11. The van der Waals surface area contributed by atoms with Gasteiger partial charge in [-0.3, -0.25) is 4.98 Å². The number of para-hydroxylation sites is 4. The Morgan fingerprint density at radius 3 is 0.831 bits per heavy atom. The quantitative estimate of drug-likeness (QED) is 0.103. The van der Waals surface area contributed by atoms with E-state index in [4.69, 9.17) is 54.8 Å². The van der Waals surface area contributed by atoms with E-state index in [0.717, 1.165) is 159 Å². The minimum Gasteiger partial charge on any atom is -0.253 e. The van der Waals surface area contributed by atoms with Crippen molar-refractivity contribution in [1.82, 2.24) is 54.8 Å². The van der Waals surface area contributed by atoms with Crippen molar-refractivity contribution >= 4 is 85.7 Å². The van der Waals surface area contributed by atoms with E-state index >= 15 is 0 Å². The number of pyridine rings is 1. The first-order valence-electron chi connectivity index (χ1n) is 39.0. The normalized spacial score (nSPS) is 11.4. The highest BCUT2D eigenvalue weighted by molar-refractivity contribution is 7.26. The fraction of sp³-hybridized carbons (Fsp3) is 0. The molecule has 0 aliphatic heterocycles. The molecule has 22 aromatic rings. The van der Waals surface area contributed by atoms with Crippen LogP contribution in [0.2, 0.25) is 0 Å². The van der Waals surface area contributed by atoms with Gasteiger partial charge in [-0.1, -0.05) is 334 Å². The minimum atomic E-state index is 0.625. The van der Waals surface area contributed by atoms with Crippen molar-refractivity contribution < 1.29 is 0 Å². The van der Waals surface area contributed by atoms with Crippen LogP contribution in [-0.4, -0.2) is 54.8 Å². The topological polar surface area (TPSA) is 142 Å². The number of aromatic nitrogens is 11. The molecular formula is C105H65N11S2. The molecule has 552 valence electrons. The van der Waals surface area contributed by atoms with Gasteiger partial charge in [-0.05, 0) is 138 Å². The predicted molar refractivity (Wildman–Crippen MR) is 486 cm³/mol. The molecule has 0 amide bonds. The summed E-state index contributed by atoms with van der Waals surface area (Å²) in [4.78, 5) is 56.4. The Morgan fingerprint density at radius 1 is 0.161 bits per heavy atom. The molecule has 22 rings (SSSR count). The number of fused-ring (bicyclic) bond motifs is 8. The smallest absolute Gasteiger partial charge is 0.164 e. The lowest BCUT2D eigenvalue weighted by Crippen LogP contribution is -2.00. The van der Waals surface area contributed by atoms with Crippen molar-refractivity contribution in [2.75, 3.05) is 0 Å². The van der Waals surface area contributed by atoms with Crippen molar-refractivity contribution in [3.05, 3.63) is 394 Å². The molecule has 0 bridgehead atoms. The van der Waals surface area contributed by atoms with Gasteiger partial charge < -0.3 is 0 Å². The molecule has 13 heteroatoms. The largest absolute Gasteiger partial charge is 0.253 e. The second-order valence-corrected chi connectivity index (χ2v) is 30.9. The van der Waals surface area contributed by atoms with E-state index < -0.39 is 0 Å². The summed E-state index contributed by atoms with van der Waals surface area (Å²) in [5.41, 5.74) is 30.1. The Bertz CT molecular complexity index is 7070. The van der Waals surface area contributed by atoms with E-state index in [1.165, 1.54) is 27.0 Å². The Balaban J connectivity index is 0.000000147. The van der Waals surface area contributed by atoms with E-state index in [0.29, 0.717) is 34.9 Å². The van der Waals surface area contributed by atoms with E-state index in [-0.39, 0.29) is 0 Å². The highest BCUT2D eigenvalue weighted by Crippen LogP contribution is 2.43. The summed E-state index contributed by atoms with van der Waals surface area (Å²) in [6.45, 7) is 0. The van der Waals surface area contributed by atoms with Gasteiger partial charge in [0, 0.05) is 55.2 Å². The Hall–Kier alpha value is -15.4. The number of hydrogen-bond donors (Lipinski definition) is 0. The van der Waals surface area contributed by atoms with Gasteiger partial charge in [-0.15, -0.1) is 22.7 Å². The summed E-state index contributed by atoms with van der Waals surface area (Å²) in [6.07, 6.45) is 1.87. The molecule has 0 unspecified atom stereocenters. The number of rotatable bonds is 14. The maximum absolute atomic E-state index is 5.04. The molecule has 0 saturated carbocycles. The SMILES string of the molecule is c1ccc(-c2ccc(-c3nc(-c4ccccc4)nc(-c4cccc(-c5ccc(-c6cccc(-c7cccc8c7sc7nc9ccccc9nc78)c6)cc5)c4)n3)cc2)cc1.c1ccc(-c2ccc(-c3nc(-c4ccccc4)nc(-c4cccc(-c5ccc(-c6cccc(-c7ccnc8c7sc7nc9ccccc9nc78)c6)cc5)c4)n3)cc2)cc1. The first kappa shape index (κ1) is 70.5. The van der Waals surface area contributed by atoms with Gasteiger partial charge in [0.2, 0.25) is 0 Å². The summed E-state index contributed by atoms with van der Waals surface area (Å²) in [5, 5.41) is 1.14. The first-order chi connectivity index (χ1) is 58.4. The molecule has 0 fully saturated rings. The van der Waals surface area contributed by atoms with Crippen LogP contribution in [0, 0.1) is 0 Å². The van der Waals surface area contributed by atoms with Crippen molar-refractivity contribution in [1.29, 1.82) is 0 Å². The van der Waals surface area contributed by atoms with Gasteiger partial charge in [0.15, 0.2) is 34.9 Å². The van der Waals surface area contributed by atoms with Crippen molar-refractivity contribution in [3.63, 3.8) is 0 Å². The van der Waals surface area contributed by atoms with Crippen LogP contribution in [0.1, 0.15) is 0 Å². The number of benzene rings is 15. The predicted octanol–water partition coefficient (Wildman–Crippen LogP) is 27.1. The summed E-state index contributed by atoms with van der Waals surface area (Å²) >= 11 is 3.36. The van der Waals surface area contributed by atoms with Crippen LogP contribution in [0.5, 0.6) is 0 Å². The lowest BCUT2D eigenvalue weighted by Gasteiger charge is -2.11. The zero-order valence-electron chi connectivity index (χ0n) is 63.3. The van der Waals surface area contributed by atoms with Gasteiger partial charge in [0.05, 0.1) is 26.8 Å². The standard InChI is InChI=1S/C53H33N5S.C52H32N6S/c1-3-12-34(13-4-1)35-28-30-39(31-29-35)51-56-50(38-14-5-2-6-15-38)57-52(58-51)43-19-10-17-41(33-43)37-26-24-36(25-27-37)40-16-9-18-42(32-40)44-20-11-21-45-48-53(59-49(44)45)55-47-23-8-7-22-46(47)54-48;1-3-11-33(12-4-1)34-25-27-38(28-26-34)50-56-49(37-13-5-2-6-14-37)57-51(58-50)42-18-10-16-40(32-42)36-23-21-35(22-24-36)39-15-9-17-41(31-39)43-29-30-53-46-47-52(59-48(43)46)55-45-20-8-7-19-44(45)54-47/h1-33H;1-32H. The monoisotopic (exact) mass is 1540 g/mol. The Labute approximate surface area is 687 Å². The summed E-state index contributed by atoms with van der Waals surface area (Å²) in [6, 6.07) is 134. The van der Waals surface area contributed by atoms with Crippen molar-refractivity contribution in [2.45, 2.75) is 0 Å². The maximum atomic E-state index is 5.04. The van der Waals surface area contributed by atoms with Crippen LogP contribution in [0.25, 0.3) is 220 Å². The second kappa shape index (κ2) is 30.8. The average molecular weight is 1540 g/mol. The fourth-order valence-corrected chi connectivity index (χ4v) is 17.6. The van der Waals surface area contributed by atoms with E-state index in [1.54, 1.807) is 22.7 Å². The zero-order chi connectivity index (χ0) is 78.2. The summed E-state index contributed by atoms with van der Waals surface area (Å²) in [7, 11) is 0. The lowest BCUT2D eigenvalue weighted by molar-refractivity contribution is 1.07. The highest BCUT2D eigenvalue weighted by atomic mass is 32.1. The Morgan fingerprint density at radius 2 is 0.424 bits per heavy atom. The van der Waals surface area contributed by atoms with Crippen molar-refractivity contribution in [3.8, 4) is 157 Å². The van der Waals surface area contributed by atoms with E-state index in [9.17, 15) is 0 Å². The van der Waals surface area contributed by atoms with Gasteiger partial charge in [-0.25, -0.2) is 49.8 Å². The van der Waals surface area contributed by atoms with E-state index in [1.807, 2.05) is 128 Å². The molecule has 7 aromatic heterocycles. The van der Waals surface area contributed by atoms with Crippen LogP contribution in [0.15, 0.2) is 394 Å². The van der Waals surface area contributed by atoms with Crippen LogP contribution >= 0.6 is 22.7 Å². The maximum Gasteiger partial charge on any atom is 0.164 e. The summed E-state index contributed by atoms with van der Waals surface area (Å²) in [5.74, 6) is 3.80. The van der Waals surface area contributed by atoms with Crippen molar-refractivity contribution in [2.24, 2.45) is 0 Å². The summed E-state index contributed by atoms with van der Waals surface area (Å²) < 4.78 is 2.29. The molecule has 7 heterocycles. The molecular weight excluding hydrogens is 1480 g/mol. The number of hydrogen-bond acceptors (Lipinski definition) is 13. The fourth-order valence-electron chi connectivity index (χ4n) is 15.3. The molecule has 11 nitrogen and oxygen atoms in total. The molecule has 0 N–H and O–H groups in total. The van der Waals surface area contributed by atoms with E-state index in [2.05, 4.69) is 267 Å². The molecule has 0 saturated heterocycles. The van der Waals surface area contributed by atoms with Crippen LogP contribution in [0.3, 0.4) is 0 Å². The molecule has 0 aliphatic rings. The minimum absolute atomic E-state index is 0.625. The third-order valence-corrected chi connectivity index (χ3v) is 23.6. The third-order valence-electron chi connectivity index (χ3n) is 21.4. The molecule has 0 spiro atoms. The number of thiophene rings is 2. The van der Waals surface area contributed by atoms with Crippen LogP contribution in [-0.2, 0) is 0 Å². The van der Waals surface area contributed by atoms with Crippen LogP contribution < -0.4 is 0 Å². The highest BCUT2D eigenvalue weighted by Gasteiger charge is 2.21.